The van der Waals surface area contributed by atoms with Gasteiger partial charge in [0.2, 0.25) is 0 Å². The smallest absolute Gasteiger partial charge is 0.411 e. The lowest BCUT2D eigenvalue weighted by molar-refractivity contribution is -0.175. The van der Waals surface area contributed by atoms with E-state index in [-0.39, 0.29) is 12.6 Å². The highest BCUT2D eigenvalue weighted by Gasteiger charge is 2.28. The number of rotatable bonds is 8. The molecule has 0 amide bonds. The molecule has 0 aliphatic carbocycles. The Hall–Kier alpha value is -0.790. The first-order valence-corrected chi connectivity index (χ1v) is 7.46. The van der Waals surface area contributed by atoms with Crippen molar-refractivity contribution in [3.8, 4) is 5.75 Å². The van der Waals surface area contributed by atoms with Crippen LogP contribution in [0.3, 0.4) is 0 Å². The van der Waals surface area contributed by atoms with E-state index in [9.17, 15) is 13.2 Å². The topological polar surface area (TPSA) is 30.5 Å². The number of alkyl halides is 3. The van der Waals surface area contributed by atoms with Gasteiger partial charge in [-0.05, 0) is 31.2 Å². The van der Waals surface area contributed by atoms with Crippen LogP contribution in [0.5, 0.6) is 5.75 Å². The molecule has 0 bridgehead atoms. The van der Waals surface area contributed by atoms with E-state index in [2.05, 4.69) is 21.2 Å². The van der Waals surface area contributed by atoms with Gasteiger partial charge in [0.25, 0.3) is 0 Å². The Bertz CT molecular complexity index is 441. The van der Waals surface area contributed by atoms with E-state index < -0.39 is 12.8 Å². The average molecular weight is 370 g/mol. The van der Waals surface area contributed by atoms with Gasteiger partial charge in [0.05, 0.1) is 19.3 Å². The summed E-state index contributed by atoms with van der Waals surface area (Å²) in [6.45, 7) is 3.65. The molecule has 1 aromatic carbocycles. The third-order valence-corrected chi connectivity index (χ3v) is 3.35. The molecule has 1 rings (SSSR count). The minimum atomic E-state index is -4.31. The fourth-order valence-electron chi connectivity index (χ4n) is 1.84. The van der Waals surface area contributed by atoms with Crippen molar-refractivity contribution in [1.29, 1.82) is 0 Å². The van der Waals surface area contributed by atoms with Crippen LogP contribution in [-0.4, -0.2) is 32.5 Å². The summed E-state index contributed by atoms with van der Waals surface area (Å²) in [7, 11) is 0. The molecule has 0 aliphatic heterocycles. The molecule has 0 aliphatic rings. The van der Waals surface area contributed by atoms with Gasteiger partial charge >= 0.3 is 6.18 Å². The van der Waals surface area contributed by atoms with Gasteiger partial charge < -0.3 is 14.8 Å². The second kappa shape index (κ2) is 8.60. The van der Waals surface area contributed by atoms with Crippen LogP contribution in [0.4, 0.5) is 13.2 Å². The zero-order valence-electron chi connectivity index (χ0n) is 12.0. The monoisotopic (exact) mass is 369 g/mol. The Morgan fingerprint density at radius 3 is 2.52 bits per heavy atom. The zero-order valence-corrected chi connectivity index (χ0v) is 13.6. The quantitative estimate of drug-likeness (QED) is 0.748. The molecule has 0 heterocycles. The summed E-state index contributed by atoms with van der Waals surface area (Å²) < 4.78 is 47.3. The third kappa shape index (κ3) is 6.67. The van der Waals surface area contributed by atoms with E-state index in [1.165, 1.54) is 0 Å². The summed E-state index contributed by atoms with van der Waals surface area (Å²) in [5.74, 6) is 0.708. The molecule has 0 saturated carbocycles. The maximum absolute atomic E-state index is 12.1. The second-order valence-electron chi connectivity index (χ2n) is 4.36. The molecule has 120 valence electrons. The Morgan fingerprint density at radius 1 is 1.29 bits per heavy atom. The Balaban J connectivity index is 2.75. The lowest BCUT2D eigenvalue weighted by Crippen LogP contribution is -2.28. The summed E-state index contributed by atoms with van der Waals surface area (Å²) in [5.41, 5.74) is 0.836. The highest BCUT2D eigenvalue weighted by atomic mass is 79.9. The third-order valence-electron chi connectivity index (χ3n) is 2.66. The first-order chi connectivity index (χ1) is 9.87. The normalized spacial score (nSPS) is 13.2. The molecule has 1 unspecified atom stereocenters. The molecule has 0 fully saturated rings. The predicted molar refractivity (Wildman–Crippen MR) is 78.6 cm³/mol. The van der Waals surface area contributed by atoms with Crippen molar-refractivity contribution < 1.29 is 22.6 Å². The van der Waals surface area contributed by atoms with Crippen LogP contribution in [0, 0.1) is 0 Å². The molecule has 0 radical (unpaired) electrons. The summed E-state index contributed by atoms with van der Waals surface area (Å²) in [6.07, 6.45) is -4.31. The maximum atomic E-state index is 12.1. The molecule has 0 spiro atoms. The largest absolute Gasteiger partial charge is 0.494 e. The summed E-state index contributed by atoms with van der Waals surface area (Å²) in [4.78, 5) is 0. The Kier molecular flexibility index (Phi) is 7.48. The number of hydrogen-bond acceptors (Lipinski definition) is 3. The minimum absolute atomic E-state index is 0.0556. The standard InChI is InChI=1S/C14H19BrF3NO2/c1-3-19-13(8-20-9-14(16,17)18)11-6-5-10(21-4-2)7-12(11)15/h5-7,13,19H,3-4,8-9H2,1-2H3. The number of ether oxygens (including phenoxy) is 2. The molecule has 1 atom stereocenters. The predicted octanol–water partition coefficient (Wildman–Crippen LogP) is 4.08. The van der Waals surface area contributed by atoms with Crippen LogP contribution in [0.2, 0.25) is 0 Å². The first-order valence-electron chi connectivity index (χ1n) is 6.67. The number of halogens is 4. The Morgan fingerprint density at radius 2 is 2.00 bits per heavy atom. The van der Waals surface area contributed by atoms with Crippen molar-refractivity contribution in [2.45, 2.75) is 26.1 Å². The molecular formula is C14H19BrF3NO2. The van der Waals surface area contributed by atoms with Crippen molar-refractivity contribution in [2.75, 3.05) is 26.4 Å². The molecular weight excluding hydrogens is 351 g/mol. The van der Waals surface area contributed by atoms with Gasteiger partial charge in [-0.2, -0.15) is 13.2 Å². The van der Waals surface area contributed by atoms with Crippen molar-refractivity contribution in [2.24, 2.45) is 0 Å². The molecule has 0 aromatic heterocycles. The van der Waals surface area contributed by atoms with E-state index in [4.69, 9.17) is 9.47 Å². The number of likely N-dealkylation sites (N-methyl/N-ethyl adjacent to an activating group) is 1. The van der Waals surface area contributed by atoms with Crippen LogP contribution in [-0.2, 0) is 4.74 Å². The molecule has 3 nitrogen and oxygen atoms in total. The van der Waals surface area contributed by atoms with E-state index in [0.717, 1.165) is 10.0 Å². The van der Waals surface area contributed by atoms with E-state index in [0.29, 0.717) is 18.9 Å². The minimum Gasteiger partial charge on any atom is -0.494 e. The van der Waals surface area contributed by atoms with Gasteiger partial charge in [-0.1, -0.05) is 28.9 Å². The van der Waals surface area contributed by atoms with E-state index in [1.54, 1.807) is 12.1 Å². The maximum Gasteiger partial charge on any atom is 0.411 e. The zero-order chi connectivity index (χ0) is 15.9. The fraction of sp³-hybridized carbons (Fsp3) is 0.571. The molecule has 1 N–H and O–H groups in total. The fourth-order valence-corrected chi connectivity index (χ4v) is 2.48. The van der Waals surface area contributed by atoms with Crippen molar-refractivity contribution in [3.63, 3.8) is 0 Å². The summed E-state index contributed by atoms with van der Waals surface area (Å²) >= 11 is 3.42. The van der Waals surface area contributed by atoms with E-state index >= 15 is 0 Å². The van der Waals surface area contributed by atoms with Crippen molar-refractivity contribution in [3.05, 3.63) is 28.2 Å². The summed E-state index contributed by atoms with van der Waals surface area (Å²) in [5, 5.41) is 3.11. The van der Waals surface area contributed by atoms with Crippen LogP contribution in [0.25, 0.3) is 0 Å². The number of nitrogens with one attached hydrogen (secondary N) is 1. The van der Waals surface area contributed by atoms with E-state index in [1.807, 2.05) is 19.9 Å². The lowest BCUT2D eigenvalue weighted by atomic mass is 10.1. The molecule has 1 aromatic rings. The molecule has 0 saturated heterocycles. The van der Waals surface area contributed by atoms with Crippen molar-refractivity contribution in [1.82, 2.24) is 5.32 Å². The molecule has 7 heteroatoms. The van der Waals surface area contributed by atoms with Gasteiger partial charge in [-0.25, -0.2) is 0 Å². The second-order valence-corrected chi connectivity index (χ2v) is 5.21. The van der Waals surface area contributed by atoms with Crippen LogP contribution in [0.15, 0.2) is 22.7 Å². The average Bonchev–Trinajstić information content (AvgIpc) is 2.37. The van der Waals surface area contributed by atoms with Crippen LogP contribution >= 0.6 is 15.9 Å². The SMILES string of the molecule is CCNC(COCC(F)(F)F)c1ccc(OCC)cc1Br. The van der Waals surface area contributed by atoms with Crippen LogP contribution in [0.1, 0.15) is 25.5 Å². The highest BCUT2D eigenvalue weighted by molar-refractivity contribution is 9.10. The van der Waals surface area contributed by atoms with Gasteiger partial charge in [0.1, 0.15) is 12.4 Å². The van der Waals surface area contributed by atoms with Gasteiger partial charge in [0.15, 0.2) is 0 Å². The first kappa shape index (κ1) is 18.3. The number of hydrogen-bond donors (Lipinski definition) is 1. The lowest BCUT2D eigenvalue weighted by Gasteiger charge is -2.21. The van der Waals surface area contributed by atoms with Gasteiger partial charge in [-0.3, -0.25) is 0 Å². The van der Waals surface area contributed by atoms with Gasteiger partial charge in [-0.15, -0.1) is 0 Å². The highest BCUT2D eigenvalue weighted by Crippen LogP contribution is 2.28. The molecule has 21 heavy (non-hydrogen) atoms. The van der Waals surface area contributed by atoms with Gasteiger partial charge in [0, 0.05) is 4.47 Å². The number of benzene rings is 1. The van der Waals surface area contributed by atoms with Crippen LogP contribution < -0.4 is 10.1 Å². The summed E-state index contributed by atoms with van der Waals surface area (Å²) in [6, 6.07) is 5.09. The Labute approximate surface area is 130 Å². The van der Waals surface area contributed by atoms with Crippen molar-refractivity contribution >= 4 is 15.9 Å².